The Labute approximate surface area is 255 Å². The Morgan fingerprint density at radius 3 is 2.48 bits per heavy atom. The molecule has 3 heterocycles. The van der Waals surface area contributed by atoms with Crippen molar-refractivity contribution in [2.24, 2.45) is 0 Å². The summed E-state index contributed by atoms with van der Waals surface area (Å²) >= 11 is 3.57. The summed E-state index contributed by atoms with van der Waals surface area (Å²) in [6, 6.07) is 8.60. The van der Waals surface area contributed by atoms with Gasteiger partial charge in [-0.25, -0.2) is 4.98 Å². The Bertz CT molecular complexity index is 1640. The second-order valence-electron chi connectivity index (χ2n) is 11.1. The van der Waals surface area contributed by atoms with Crippen molar-refractivity contribution in [3.8, 4) is 5.75 Å². The first-order chi connectivity index (χ1) is 20.1. The van der Waals surface area contributed by atoms with E-state index in [2.05, 4.69) is 84.5 Å². The Hall–Kier alpha value is -3.27. The summed E-state index contributed by atoms with van der Waals surface area (Å²) in [6.07, 6.45) is 8.09. The second-order valence-corrected chi connectivity index (χ2v) is 15.1. The summed E-state index contributed by atoms with van der Waals surface area (Å²) in [6.45, 7) is 7.67. The van der Waals surface area contributed by atoms with E-state index in [-0.39, 0.29) is 0 Å². The summed E-state index contributed by atoms with van der Waals surface area (Å²) in [4.78, 5) is 22.9. The predicted molar refractivity (Wildman–Crippen MR) is 176 cm³/mol. The molecule has 2 aromatic carbocycles. The molecule has 0 bridgehead atoms. The van der Waals surface area contributed by atoms with Gasteiger partial charge in [0.15, 0.2) is 0 Å². The lowest BCUT2D eigenvalue weighted by molar-refractivity contribution is 0.249. The van der Waals surface area contributed by atoms with Crippen molar-refractivity contribution in [3.63, 3.8) is 0 Å². The molecule has 2 aromatic heterocycles. The van der Waals surface area contributed by atoms with Crippen molar-refractivity contribution in [1.82, 2.24) is 24.8 Å². The topological polar surface area (TPSA) is 108 Å². The van der Waals surface area contributed by atoms with E-state index in [0.717, 1.165) is 43.8 Å². The van der Waals surface area contributed by atoms with Crippen LogP contribution in [-0.4, -0.2) is 78.5 Å². The Morgan fingerprint density at radius 1 is 1.07 bits per heavy atom. The van der Waals surface area contributed by atoms with Crippen molar-refractivity contribution in [3.05, 3.63) is 52.9 Å². The Morgan fingerprint density at radius 2 is 1.81 bits per heavy atom. The molecule has 1 aliphatic rings. The van der Waals surface area contributed by atoms with Crippen LogP contribution in [0.3, 0.4) is 0 Å². The zero-order valence-electron chi connectivity index (χ0n) is 25.0. The molecule has 4 aromatic rings. The average Bonchev–Trinajstić information content (AvgIpc) is 2.97. The third-order valence-electron chi connectivity index (χ3n) is 7.71. The van der Waals surface area contributed by atoms with Crippen molar-refractivity contribution < 1.29 is 9.30 Å². The van der Waals surface area contributed by atoms with Gasteiger partial charge < -0.3 is 29.7 Å². The average molecular weight is 654 g/mol. The van der Waals surface area contributed by atoms with Gasteiger partial charge in [-0.1, -0.05) is 6.92 Å². The van der Waals surface area contributed by atoms with E-state index in [0.29, 0.717) is 44.3 Å². The van der Waals surface area contributed by atoms with Crippen LogP contribution >= 0.6 is 23.1 Å². The van der Waals surface area contributed by atoms with Gasteiger partial charge >= 0.3 is 0 Å². The molecule has 2 N–H and O–H groups in total. The number of piperidine rings is 1. The smallest absolute Gasteiger partial charge is 0.229 e. The van der Waals surface area contributed by atoms with Crippen LogP contribution in [0.2, 0.25) is 0 Å². The van der Waals surface area contributed by atoms with Gasteiger partial charge in [0.05, 0.1) is 33.8 Å². The molecule has 222 valence electrons. The number of aryl methyl sites for hydroxylation is 1. The molecule has 12 heteroatoms. The maximum atomic E-state index is 13.4. The van der Waals surface area contributed by atoms with Gasteiger partial charge in [0.25, 0.3) is 0 Å². The van der Waals surface area contributed by atoms with E-state index in [1.165, 1.54) is 11.3 Å². The summed E-state index contributed by atoms with van der Waals surface area (Å²) in [5.41, 5.74) is 5.21. The first-order valence-electron chi connectivity index (χ1n) is 14.1. The molecule has 42 heavy (non-hydrogen) atoms. The standard InChI is InChI=1S/C30H38BrN8O2P/c1-7-19-16-24(26(41-4)17-25(19)39-14-10-20(11-15-39)38(2)3)36-30-34-18-21(31)29(37-30)35-23-9-8-22-27(33-13-12-32-22)28(23)42(5,6)40/h8-9,12-13,16-18,20H,7,10-11,14-15H2,1-6H3,(H2,34,35,36,37). The molecule has 0 unspecified atom stereocenters. The molecular formula is C30H38BrN8O2P. The molecule has 0 radical (unpaired) electrons. The summed E-state index contributed by atoms with van der Waals surface area (Å²) in [7, 11) is 3.28. The lowest BCUT2D eigenvalue weighted by atomic mass is 10.0. The maximum Gasteiger partial charge on any atom is 0.229 e. The minimum Gasteiger partial charge on any atom is -0.494 e. The van der Waals surface area contributed by atoms with Crippen molar-refractivity contribution in [2.45, 2.75) is 32.2 Å². The largest absolute Gasteiger partial charge is 0.494 e. The zero-order valence-corrected chi connectivity index (χ0v) is 27.5. The number of methoxy groups -OCH3 is 1. The van der Waals surface area contributed by atoms with Gasteiger partial charge in [0.1, 0.15) is 24.2 Å². The molecule has 0 amide bonds. The number of nitrogens with zero attached hydrogens (tertiary/aromatic N) is 6. The lowest BCUT2D eigenvalue weighted by Gasteiger charge is -2.37. The van der Waals surface area contributed by atoms with E-state index in [1.807, 2.05) is 12.1 Å². The minimum atomic E-state index is -2.73. The molecule has 1 aliphatic heterocycles. The van der Waals surface area contributed by atoms with Crippen molar-refractivity contribution in [2.75, 3.05) is 63.2 Å². The molecule has 0 aliphatic carbocycles. The summed E-state index contributed by atoms with van der Waals surface area (Å²) in [5, 5.41) is 7.36. The number of aromatic nitrogens is 4. The molecule has 5 rings (SSSR count). The maximum absolute atomic E-state index is 13.4. The fourth-order valence-corrected chi connectivity index (χ4v) is 7.20. The number of hydrogen-bond donors (Lipinski definition) is 2. The number of ether oxygens (including phenoxy) is 1. The number of fused-ring (bicyclic) bond motifs is 1. The number of nitrogens with one attached hydrogen (secondary N) is 2. The monoisotopic (exact) mass is 652 g/mol. The first-order valence-corrected chi connectivity index (χ1v) is 17.5. The van der Waals surface area contributed by atoms with Crippen molar-refractivity contribution >= 4 is 68.2 Å². The Kier molecular flexibility index (Phi) is 9.01. The van der Waals surface area contributed by atoms with Gasteiger partial charge in [0.2, 0.25) is 5.95 Å². The number of hydrogen-bond acceptors (Lipinski definition) is 10. The minimum absolute atomic E-state index is 0.402. The molecule has 0 spiro atoms. The number of benzene rings is 2. The highest BCUT2D eigenvalue weighted by atomic mass is 79.9. The van der Waals surface area contributed by atoms with Crippen LogP contribution in [0.4, 0.5) is 28.8 Å². The number of anilines is 5. The Balaban J connectivity index is 1.44. The summed E-state index contributed by atoms with van der Waals surface area (Å²) in [5.74, 6) is 1.66. The van der Waals surface area contributed by atoms with Crippen LogP contribution in [0.1, 0.15) is 25.3 Å². The number of rotatable bonds is 9. The molecule has 10 nitrogen and oxygen atoms in total. The highest BCUT2D eigenvalue weighted by molar-refractivity contribution is 9.10. The first kappa shape index (κ1) is 30.2. The molecule has 1 saturated heterocycles. The molecule has 1 fully saturated rings. The van der Waals surface area contributed by atoms with Crippen LogP contribution in [0, 0.1) is 0 Å². The highest BCUT2D eigenvalue weighted by Crippen LogP contribution is 2.41. The zero-order chi connectivity index (χ0) is 30.0. The fraction of sp³-hybridized carbons (Fsp3) is 0.400. The molecule has 0 atom stereocenters. The van der Waals surface area contributed by atoms with E-state index < -0.39 is 7.14 Å². The third-order valence-corrected chi connectivity index (χ3v) is 9.82. The van der Waals surface area contributed by atoms with Gasteiger partial charge in [-0.2, -0.15) is 4.98 Å². The van der Waals surface area contributed by atoms with Crippen LogP contribution in [-0.2, 0) is 11.0 Å². The van der Waals surface area contributed by atoms with Gasteiger partial charge in [-0.3, -0.25) is 9.97 Å². The van der Waals surface area contributed by atoms with Crippen LogP contribution in [0.15, 0.2) is 47.3 Å². The van der Waals surface area contributed by atoms with Crippen LogP contribution in [0.25, 0.3) is 11.0 Å². The third kappa shape index (κ3) is 6.38. The highest BCUT2D eigenvalue weighted by Gasteiger charge is 2.25. The van der Waals surface area contributed by atoms with E-state index in [4.69, 9.17) is 9.72 Å². The van der Waals surface area contributed by atoms with Crippen LogP contribution in [0.5, 0.6) is 5.75 Å². The SMILES string of the molecule is CCc1cc(Nc2ncc(Br)c(Nc3ccc4nccnc4c3P(C)(C)=O)n2)c(OC)cc1N1CCC(N(C)C)CC1. The van der Waals surface area contributed by atoms with Gasteiger partial charge in [0, 0.05) is 49.5 Å². The van der Waals surface area contributed by atoms with Gasteiger partial charge in [-0.15, -0.1) is 0 Å². The van der Waals surface area contributed by atoms with Gasteiger partial charge in [-0.05, 0) is 86.4 Å². The lowest BCUT2D eigenvalue weighted by Crippen LogP contribution is -2.42. The van der Waals surface area contributed by atoms with Crippen LogP contribution < -0.4 is 25.6 Å². The number of halogens is 1. The molecular weight excluding hydrogens is 615 g/mol. The van der Waals surface area contributed by atoms with E-state index in [1.54, 1.807) is 39.0 Å². The predicted octanol–water partition coefficient (Wildman–Crippen LogP) is 6.02. The summed E-state index contributed by atoms with van der Waals surface area (Å²) < 4.78 is 19.9. The van der Waals surface area contributed by atoms with E-state index >= 15 is 0 Å². The van der Waals surface area contributed by atoms with Crippen molar-refractivity contribution in [1.29, 1.82) is 0 Å². The normalized spacial score (nSPS) is 14.4. The quantitative estimate of drug-likeness (QED) is 0.208. The second kappa shape index (κ2) is 12.5. The van der Waals surface area contributed by atoms with E-state index in [9.17, 15) is 4.57 Å². The fourth-order valence-electron chi connectivity index (χ4n) is 5.51. The molecule has 0 saturated carbocycles.